The topological polar surface area (TPSA) is 53.0 Å². The number of unbranched alkanes of at least 4 members (excludes halogenated alkanes) is 1. The summed E-state index contributed by atoms with van der Waals surface area (Å²) in [7, 11) is 2.24. The SMILES string of the molecule is CN(CCCCC(C)(N)C#N)C1CCC(C)(C)CC1. The zero-order valence-corrected chi connectivity index (χ0v) is 13.2. The van der Waals surface area contributed by atoms with E-state index in [9.17, 15) is 0 Å². The highest BCUT2D eigenvalue weighted by atomic mass is 15.1. The minimum absolute atomic E-state index is 0.547. The molecule has 0 radical (unpaired) electrons. The van der Waals surface area contributed by atoms with Crippen LogP contribution in [0, 0.1) is 16.7 Å². The van der Waals surface area contributed by atoms with Gasteiger partial charge in [-0.05, 0) is 70.9 Å². The summed E-state index contributed by atoms with van der Waals surface area (Å²) < 4.78 is 0. The summed E-state index contributed by atoms with van der Waals surface area (Å²) in [5.74, 6) is 0. The second kappa shape index (κ2) is 6.72. The van der Waals surface area contributed by atoms with E-state index in [2.05, 4.69) is 31.9 Å². The van der Waals surface area contributed by atoms with Gasteiger partial charge in [0.15, 0.2) is 0 Å². The molecule has 0 spiro atoms. The highest BCUT2D eigenvalue weighted by Gasteiger charge is 2.28. The predicted molar refractivity (Wildman–Crippen MR) is 80.7 cm³/mol. The Morgan fingerprint density at radius 2 is 1.89 bits per heavy atom. The molecule has 110 valence electrons. The maximum Gasteiger partial charge on any atom is 0.101 e. The van der Waals surface area contributed by atoms with Gasteiger partial charge in [-0.15, -0.1) is 0 Å². The maximum atomic E-state index is 8.87. The summed E-state index contributed by atoms with van der Waals surface area (Å²) in [4.78, 5) is 2.51. The molecule has 1 atom stereocenters. The van der Waals surface area contributed by atoms with E-state index in [1.807, 2.05) is 6.92 Å². The molecule has 1 fully saturated rings. The average molecular weight is 265 g/mol. The van der Waals surface area contributed by atoms with E-state index in [1.54, 1.807) is 0 Å². The predicted octanol–water partition coefficient (Wildman–Crippen LogP) is 3.30. The molecule has 1 aliphatic carbocycles. The minimum atomic E-state index is -0.645. The highest BCUT2D eigenvalue weighted by molar-refractivity contribution is 5.00. The average Bonchev–Trinajstić information content (AvgIpc) is 2.34. The van der Waals surface area contributed by atoms with Gasteiger partial charge in [0, 0.05) is 6.04 Å². The number of hydrogen-bond acceptors (Lipinski definition) is 3. The molecule has 19 heavy (non-hydrogen) atoms. The summed E-state index contributed by atoms with van der Waals surface area (Å²) >= 11 is 0. The van der Waals surface area contributed by atoms with Crippen LogP contribution in [0.25, 0.3) is 0 Å². The largest absolute Gasteiger partial charge is 0.314 e. The van der Waals surface area contributed by atoms with E-state index in [0.717, 1.165) is 31.8 Å². The quantitative estimate of drug-likeness (QED) is 0.750. The number of nitrogens with zero attached hydrogens (tertiary/aromatic N) is 2. The molecule has 0 bridgehead atoms. The summed E-state index contributed by atoms with van der Waals surface area (Å²) in [6.45, 7) is 7.72. The first-order valence-corrected chi connectivity index (χ1v) is 7.66. The van der Waals surface area contributed by atoms with Crippen molar-refractivity contribution in [3.8, 4) is 6.07 Å². The van der Waals surface area contributed by atoms with Crippen LogP contribution in [0.5, 0.6) is 0 Å². The van der Waals surface area contributed by atoms with Crippen LogP contribution in [-0.2, 0) is 0 Å². The van der Waals surface area contributed by atoms with Gasteiger partial charge < -0.3 is 10.6 Å². The lowest BCUT2D eigenvalue weighted by atomic mass is 9.75. The molecule has 0 aliphatic heterocycles. The number of nitriles is 1. The zero-order chi connectivity index (χ0) is 14.5. The molecule has 2 N–H and O–H groups in total. The molecule has 3 nitrogen and oxygen atoms in total. The van der Waals surface area contributed by atoms with Gasteiger partial charge >= 0.3 is 0 Å². The summed E-state index contributed by atoms with van der Waals surface area (Å²) in [5.41, 5.74) is 5.73. The highest BCUT2D eigenvalue weighted by Crippen LogP contribution is 2.36. The molecular formula is C16H31N3. The molecule has 3 heteroatoms. The van der Waals surface area contributed by atoms with Gasteiger partial charge in [-0.1, -0.05) is 13.8 Å². The lowest BCUT2D eigenvalue weighted by Gasteiger charge is -2.38. The smallest absolute Gasteiger partial charge is 0.101 e. The molecule has 1 aliphatic rings. The first-order valence-electron chi connectivity index (χ1n) is 7.66. The van der Waals surface area contributed by atoms with Crippen molar-refractivity contribution in [2.45, 2.75) is 77.3 Å². The fraction of sp³-hybridized carbons (Fsp3) is 0.938. The number of nitrogens with two attached hydrogens (primary N) is 1. The Kier molecular flexibility index (Phi) is 5.82. The molecule has 0 aromatic heterocycles. The van der Waals surface area contributed by atoms with E-state index >= 15 is 0 Å². The zero-order valence-electron chi connectivity index (χ0n) is 13.2. The normalized spacial score (nSPS) is 23.0. The van der Waals surface area contributed by atoms with Crippen molar-refractivity contribution in [3.63, 3.8) is 0 Å². The van der Waals surface area contributed by atoms with Crippen LogP contribution in [0.2, 0.25) is 0 Å². The standard InChI is InChI=1S/C16H31N3/c1-15(2)10-7-14(8-11-15)19(4)12-6-5-9-16(3,18)13-17/h14H,5-12,18H2,1-4H3. The van der Waals surface area contributed by atoms with E-state index in [4.69, 9.17) is 11.0 Å². The Balaban J connectivity index is 2.19. The molecule has 0 aromatic carbocycles. The van der Waals surface area contributed by atoms with Crippen LogP contribution in [0.1, 0.15) is 65.7 Å². The van der Waals surface area contributed by atoms with E-state index in [1.165, 1.54) is 25.7 Å². The third-order valence-corrected chi connectivity index (χ3v) is 4.64. The number of hydrogen-bond donors (Lipinski definition) is 1. The molecule has 1 saturated carbocycles. The van der Waals surface area contributed by atoms with Gasteiger partial charge in [0.2, 0.25) is 0 Å². The van der Waals surface area contributed by atoms with E-state index in [0.29, 0.717) is 5.41 Å². The van der Waals surface area contributed by atoms with Crippen molar-refractivity contribution in [3.05, 3.63) is 0 Å². The van der Waals surface area contributed by atoms with Gasteiger partial charge in [-0.2, -0.15) is 5.26 Å². The Labute approximate surface area is 119 Å². The Bertz CT molecular complexity index is 304. The Hall–Kier alpha value is -0.590. The fourth-order valence-electron chi connectivity index (χ4n) is 2.92. The third kappa shape index (κ3) is 5.93. The monoisotopic (exact) mass is 265 g/mol. The van der Waals surface area contributed by atoms with E-state index < -0.39 is 5.54 Å². The van der Waals surface area contributed by atoms with Crippen molar-refractivity contribution >= 4 is 0 Å². The van der Waals surface area contributed by atoms with Gasteiger partial charge in [0.05, 0.1) is 6.07 Å². The molecule has 1 unspecified atom stereocenters. The lowest BCUT2D eigenvalue weighted by Crippen LogP contribution is -2.38. The van der Waals surface area contributed by atoms with Crippen LogP contribution in [0.3, 0.4) is 0 Å². The van der Waals surface area contributed by atoms with Crippen molar-refractivity contribution < 1.29 is 0 Å². The maximum absolute atomic E-state index is 8.87. The molecule has 0 saturated heterocycles. The first-order chi connectivity index (χ1) is 8.76. The summed E-state index contributed by atoms with van der Waals surface area (Å²) in [6.07, 6.45) is 8.34. The molecular weight excluding hydrogens is 234 g/mol. The molecule has 0 amide bonds. The summed E-state index contributed by atoms with van der Waals surface area (Å²) in [5, 5.41) is 8.87. The van der Waals surface area contributed by atoms with Crippen LogP contribution >= 0.6 is 0 Å². The Morgan fingerprint density at radius 1 is 1.32 bits per heavy atom. The van der Waals surface area contributed by atoms with Gasteiger partial charge in [-0.25, -0.2) is 0 Å². The lowest BCUT2D eigenvalue weighted by molar-refractivity contribution is 0.126. The van der Waals surface area contributed by atoms with Crippen molar-refractivity contribution in [1.82, 2.24) is 4.90 Å². The van der Waals surface area contributed by atoms with Crippen LogP contribution in [-0.4, -0.2) is 30.1 Å². The van der Waals surface area contributed by atoms with Crippen molar-refractivity contribution in [1.29, 1.82) is 5.26 Å². The van der Waals surface area contributed by atoms with E-state index in [-0.39, 0.29) is 0 Å². The third-order valence-electron chi connectivity index (χ3n) is 4.64. The van der Waals surface area contributed by atoms with Gasteiger partial charge in [0.25, 0.3) is 0 Å². The van der Waals surface area contributed by atoms with Crippen LogP contribution in [0.15, 0.2) is 0 Å². The van der Waals surface area contributed by atoms with Crippen molar-refractivity contribution in [2.24, 2.45) is 11.1 Å². The van der Waals surface area contributed by atoms with Crippen molar-refractivity contribution in [2.75, 3.05) is 13.6 Å². The summed E-state index contributed by atoms with van der Waals surface area (Å²) in [6, 6.07) is 2.92. The van der Waals surface area contributed by atoms with Crippen LogP contribution in [0.4, 0.5) is 0 Å². The molecule has 1 rings (SSSR count). The second-order valence-corrected chi connectivity index (χ2v) is 7.36. The second-order valence-electron chi connectivity index (χ2n) is 7.36. The van der Waals surface area contributed by atoms with Gasteiger partial charge in [0.1, 0.15) is 5.54 Å². The first kappa shape index (κ1) is 16.5. The molecule has 0 heterocycles. The fourth-order valence-corrected chi connectivity index (χ4v) is 2.92. The van der Waals surface area contributed by atoms with Gasteiger partial charge in [-0.3, -0.25) is 0 Å². The Morgan fingerprint density at radius 3 is 2.42 bits per heavy atom. The van der Waals surface area contributed by atoms with Crippen LogP contribution < -0.4 is 5.73 Å². The minimum Gasteiger partial charge on any atom is -0.314 e. The number of rotatable bonds is 6. The molecule has 0 aromatic rings.